The summed E-state index contributed by atoms with van der Waals surface area (Å²) in [5.74, 6) is -2.27. The fourth-order valence-electron chi connectivity index (χ4n) is 3.52. The van der Waals surface area contributed by atoms with Crippen LogP contribution in [0.25, 0.3) is 6.08 Å². The summed E-state index contributed by atoms with van der Waals surface area (Å²) >= 11 is 12.3. The Kier molecular flexibility index (Phi) is 6.49. The molecule has 3 aromatic rings. The second-order valence-electron chi connectivity index (χ2n) is 7.21. The first kappa shape index (κ1) is 21.9. The zero-order chi connectivity index (χ0) is 22.7. The summed E-state index contributed by atoms with van der Waals surface area (Å²) in [6.07, 6.45) is 0.675. The molecule has 2 unspecified atom stereocenters. The van der Waals surface area contributed by atoms with Crippen LogP contribution in [0.3, 0.4) is 0 Å². The molecule has 162 valence electrons. The van der Waals surface area contributed by atoms with E-state index in [1.165, 1.54) is 0 Å². The van der Waals surface area contributed by atoms with Gasteiger partial charge in [-0.3, -0.25) is 4.79 Å². The van der Waals surface area contributed by atoms with E-state index < -0.39 is 24.0 Å². The average molecular weight is 469 g/mol. The number of carbonyl (C=O) groups is 2. The van der Waals surface area contributed by atoms with Crippen LogP contribution in [0.1, 0.15) is 22.8 Å². The first-order valence-electron chi connectivity index (χ1n) is 9.80. The SMILES string of the molecule is O=C1OC(c2ccccc2)C(C(=O)O)/C1=C/c1ccc(OCc2c(Cl)cccc2Cl)cc1. The molecule has 32 heavy (non-hydrogen) atoms. The number of rotatable bonds is 6. The summed E-state index contributed by atoms with van der Waals surface area (Å²) < 4.78 is 11.2. The molecule has 1 N–H and O–H groups in total. The summed E-state index contributed by atoms with van der Waals surface area (Å²) in [5, 5.41) is 10.8. The summed E-state index contributed by atoms with van der Waals surface area (Å²) in [5.41, 5.74) is 2.08. The van der Waals surface area contributed by atoms with Crippen molar-refractivity contribution in [3.8, 4) is 5.75 Å². The van der Waals surface area contributed by atoms with E-state index in [1.54, 1.807) is 72.8 Å². The topological polar surface area (TPSA) is 72.8 Å². The summed E-state index contributed by atoms with van der Waals surface area (Å²) in [6.45, 7) is 0.200. The van der Waals surface area contributed by atoms with Gasteiger partial charge in [0.05, 0.1) is 5.57 Å². The second-order valence-corrected chi connectivity index (χ2v) is 8.02. The molecule has 7 heteroatoms. The van der Waals surface area contributed by atoms with Gasteiger partial charge in [0.25, 0.3) is 0 Å². The lowest BCUT2D eigenvalue weighted by molar-refractivity contribution is -0.144. The van der Waals surface area contributed by atoms with Crippen LogP contribution in [0.2, 0.25) is 10.0 Å². The zero-order valence-electron chi connectivity index (χ0n) is 16.7. The quantitative estimate of drug-likeness (QED) is 0.357. The van der Waals surface area contributed by atoms with E-state index >= 15 is 0 Å². The standard InChI is InChI=1S/C25H18Cl2O5/c26-20-7-4-8-21(27)19(20)14-31-17-11-9-15(10-12-17)13-18-22(24(28)29)23(32-25(18)30)16-5-2-1-3-6-16/h1-13,22-23H,14H2,(H,28,29)/b18-13-. The van der Waals surface area contributed by atoms with E-state index in [4.69, 9.17) is 32.7 Å². The van der Waals surface area contributed by atoms with E-state index in [1.807, 2.05) is 6.07 Å². The van der Waals surface area contributed by atoms with Crippen LogP contribution >= 0.6 is 23.2 Å². The molecule has 0 spiro atoms. The number of esters is 1. The average Bonchev–Trinajstić information content (AvgIpc) is 3.11. The maximum absolute atomic E-state index is 12.5. The first-order valence-corrected chi connectivity index (χ1v) is 10.6. The van der Waals surface area contributed by atoms with Gasteiger partial charge < -0.3 is 14.6 Å². The minimum absolute atomic E-state index is 0.0999. The Morgan fingerprint density at radius 2 is 1.62 bits per heavy atom. The second kappa shape index (κ2) is 9.47. The third-order valence-corrected chi connectivity index (χ3v) is 5.86. The van der Waals surface area contributed by atoms with Crippen LogP contribution in [0.5, 0.6) is 5.75 Å². The first-order chi connectivity index (χ1) is 15.4. The zero-order valence-corrected chi connectivity index (χ0v) is 18.2. The monoisotopic (exact) mass is 468 g/mol. The minimum Gasteiger partial charge on any atom is -0.489 e. The fraction of sp³-hybridized carbons (Fsp3) is 0.120. The number of halogens is 2. The smallest absolute Gasteiger partial charge is 0.335 e. The third kappa shape index (κ3) is 4.64. The molecule has 0 radical (unpaired) electrons. The largest absolute Gasteiger partial charge is 0.489 e. The van der Waals surface area contributed by atoms with Crippen molar-refractivity contribution in [2.75, 3.05) is 0 Å². The molecule has 0 saturated carbocycles. The van der Waals surface area contributed by atoms with Crippen molar-refractivity contribution in [3.63, 3.8) is 0 Å². The summed E-state index contributed by atoms with van der Waals surface area (Å²) in [7, 11) is 0. The van der Waals surface area contributed by atoms with Gasteiger partial charge in [0.2, 0.25) is 0 Å². The molecule has 1 saturated heterocycles. The lowest BCUT2D eigenvalue weighted by Gasteiger charge is -2.14. The number of hydrogen-bond acceptors (Lipinski definition) is 4. The predicted molar refractivity (Wildman–Crippen MR) is 122 cm³/mol. The number of carbonyl (C=O) groups excluding carboxylic acids is 1. The molecule has 2 atom stereocenters. The maximum Gasteiger partial charge on any atom is 0.335 e. The number of ether oxygens (including phenoxy) is 2. The van der Waals surface area contributed by atoms with Gasteiger partial charge in [-0.15, -0.1) is 0 Å². The van der Waals surface area contributed by atoms with Crippen molar-refractivity contribution >= 4 is 41.2 Å². The molecule has 0 amide bonds. The van der Waals surface area contributed by atoms with Crippen LogP contribution < -0.4 is 4.74 Å². The van der Waals surface area contributed by atoms with E-state index in [0.29, 0.717) is 32.5 Å². The lowest BCUT2D eigenvalue weighted by atomic mass is 9.90. The van der Waals surface area contributed by atoms with Crippen LogP contribution in [-0.4, -0.2) is 17.0 Å². The van der Waals surface area contributed by atoms with Gasteiger partial charge in [0, 0.05) is 15.6 Å². The Hall–Kier alpha value is -3.28. The molecule has 1 aliphatic heterocycles. The Balaban J connectivity index is 1.53. The third-order valence-electron chi connectivity index (χ3n) is 5.15. The Morgan fingerprint density at radius 1 is 0.969 bits per heavy atom. The maximum atomic E-state index is 12.5. The fourth-order valence-corrected chi connectivity index (χ4v) is 4.03. The molecule has 4 rings (SSSR count). The molecule has 0 aromatic heterocycles. The van der Waals surface area contributed by atoms with Gasteiger partial charge in [0.1, 0.15) is 24.4 Å². The van der Waals surface area contributed by atoms with Crippen molar-refractivity contribution in [1.82, 2.24) is 0 Å². The Bertz CT molecular complexity index is 1150. The van der Waals surface area contributed by atoms with Crippen molar-refractivity contribution in [2.24, 2.45) is 5.92 Å². The molecule has 1 fully saturated rings. The van der Waals surface area contributed by atoms with E-state index in [0.717, 1.165) is 0 Å². The number of carboxylic acids is 1. The van der Waals surface area contributed by atoms with Gasteiger partial charge in [0.15, 0.2) is 0 Å². The van der Waals surface area contributed by atoms with Crippen LogP contribution in [0.4, 0.5) is 0 Å². The van der Waals surface area contributed by atoms with Gasteiger partial charge in [-0.1, -0.05) is 71.7 Å². The van der Waals surface area contributed by atoms with Crippen molar-refractivity contribution in [2.45, 2.75) is 12.7 Å². The van der Waals surface area contributed by atoms with Gasteiger partial charge in [-0.2, -0.15) is 0 Å². The van der Waals surface area contributed by atoms with Gasteiger partial charge in [-0.25, -0.2) is 4.79 Å². The normalized spacial score (nSPS) is 19.1. The number of carboxylic acid groups (broad SMARTS) is 1. The molecular weight excluding hydrogens is 451 g/mol. The number of hydrogen-bond donors (Lipinski definition) is 1. The molecule has 0 aliphatic carbocycles. The van der Waals surface area contributed by atoms with Crippen LogP contribution in [-0.2, 0) is 20.9 Å². The predicted octanol–water partition coefficient (Wildman–Crippen LogP) is 5.95. The molecule has 5 nitrogen and oxygen atoms in total. The van der Waals surface area contributed by atoms with Crippen LogP contribution in [0, 0.1) is 5.92 Å². The highest BCUT2D eigenvalue weighted by Crippen LogP contribution is 2.40. The molecule has 3 aromatic carbocycles. The molecular formula is C25H18Cl2O5. The highest BCUT2D eigenvalue weighted by molar-refractivity contribution is 6.35. The summed E-state index contributed by atoms with van der Waals surface area (Å²) in [4.78, 5) is 24.4. The van der Waals surface area contributed by atoms with E-state index in [2.05, 4.69) is 0 Å². The Morgan fingerprint density at radius 3 is 2.25 bits per heavy atom. The van der Waals surface area contributed by atoms with Crippen molar-refractivity contribution in [1.29, 1.82) is 0 Å². The molecule has 0 bridgehead atoms. The molecule has 1 heterocycles. The minimum atomic E-state index is -1.12. The van der Waals surface area contributed by atoms with Crippen molar-refractivity contribution in [3.05, 3.63) is 105 Å². The van der Waals surface area contributed by atoms with Crippen LogP contribution in [0.15, 0.2) is 78.4 Å². The highest BCUT2D eigenvalue weighted by atomic mass is 35.5. The number of aliphatic carboxylic acids is 1. The van der Waals surface area contributed by atoms with E-state index in [-0.39, 0.29) is 12.2 Å². The lowest BCUT2D eigenvalue weighted by Crippen LogP contribution is -2.19. The van der Waals surface area contributed by atoms with E-state index in [9.17, 15) is 14.7 Å². The van der Waals surface area contributed by atoms with Gasteiger partial charge in [-0.05, 0) is 41.5 Å². The number of benzene rings is 3. The Labute approximate surface area is 194 Å². The van der Waals surface area contributed by atoms with Gasteiger partial charge >= 0.3 is 11.9 Å². The summed E-state index contributed by atoms with van der Waals surface area (Å²) in [6, 6.07) is 21.0. The van der Waals surface area contributed by atoms with Crippen molar-refractivity contribution < 1.29 is 24.2 Å². The highest BCUT2D eigenvalue weighted by Gasteiger charge is 2.45. The molecule has 1 aliphatic rings. The number of cyclic esters (lactones) is 1.